The van der Waals surface area contributed by atoms with Gasteiger partial charge in [0.05, 0.1) is 12.1 Å². The summed E-state index contributed by atoms with van der Waals surface area (Å²) in [4.78, 5) is 80.1. The first-order chi connectivity index (χ1) is 24.8. The van der Waals surface area contributed by atoms with Crippen molar-refractivity contribution < 1.29 is 33.9 Å². The van der Waals surface area contributed by atoms with Crippen LogP contribution in [-0.2, 0) is 41.6 Å². The van der Waals surface area contributed by atoms with Crippen molar-refractivity contribution in [1.82, 2.24) is 31.6 Å². The maximum atomic E-state index is 13.8. The summed E-state index contributed by atoms with van der Waals surface area (Å²) in [6.45, 7) is 3.40. The summed E-state index contributed by atoms with van der Waals surface area (Å²) in [7, 11) is 0. The number of thiol groups is 1. The van der Waals surface area contributed by atoms with Gasteiger partial charge in [-0.15, -0.1) is 12.6 Å². The molecule has 2 aromatic carbocycles. The smallest absolute Gasteiger partial charge is 0.303 e. The van der Waals surface area contributed by atoms with Crippen LogP contribution in [0.15, 0.2) is 71.4 Å². The summed E-state index contributed by atoms with van der Waals surface area (Å²) in [5.41, 5.74) is 14.4. The molecule has 0 unspecified atom stereocenters. The monoisotopic (exact) mass is 734 g/mol. The number of aromatic nitrogens is 1. The maximum absolute atomic E-state index is 13.8. The Kier molecular flexibility index (Phi) is 13.8. The van der Waals surface area contributed by atoms with E-state index < -0.39 is 71.8 Å². The molecule has 0 saturated carbocycles. The normalized spacial score (nSPS) is 16.7. The number of H-pyrrole nitrogens is 1. The van der Waals surface area contributed by atoms with Gasteiger partial charge in [0.25, 0.3) is 0 Å². The molecule has 5 amide bonds. The van der Waals surface area contributed by atoms with E-state index in [2.05, 4.69) is 44.2 Å². The number of hydrogen-bond acceptors (Lipinski definition) is 9. The molecule has 16 heteroatoms. The molecule has 0 aliphatic carbocycles. The van der Waals surface area contributed by atoms with Crippen molar-refractivity contribution >= 4 is 59.0 Å². The Bertz CT molecular complexity index is 1810. The Morgan fingerprint density at radius 1 is 0.808 bits per heavy atom. The summed E-state index contributed by atoms with van der Waals surface area (Å²) in [5.74, 6) is -4.19. The fourth-order valence-electron chi connectivity index (χ4n) is 5.88. The highest BCUT2D eigenvalue weighted by molar-refractivity contribution is 7.84. The second-order valence-corrected chi connectivity index (χ2v) is 13.1. The molecule has 0 spiro atoms. The van der Waals surface area contributed by atoms with Crippen molar-refractivity contribution in [1.29, 1.82) is 0 Å². The van der Waals surface area contributed by atoms with Crippen LogP contribution >= 0.6 is 12.6 Å². The number of carbonyl (C=O) groups excluding carboxylic acids is 5. The summed E-state index contributed by atoms with van der Waals surface area (Å²) < 4.78 is 0. The first-order valence-electron chi connectivity index (χ1n) is 17.1. The number of fused-ring (bicyclic) bond motifs is 1. The first kappa shape index (κ1) is 39.4. The fourth-order valence-corrected chi connectivity index (χ4v) is 6.29. The Balaban J connectivity index is 1.51. The van der Waals surface area contributed by atoms with E-state index in [0.29, 0.717) is 17.0 Å². The molecule has 0 saturated heterocycles. The third-order valence-electron chi connectivity index (χ3n) is 8.90. The number of aliphatic carboxylic acids is 1. The number of para-hydroxylation sites is 1. The Hall–Kier alpha value is -5.35. The quantitative estimate of drug-likeness (QED) is 0.0770. The largest absolute Gasteiger partial charge is 0.481 e. The molecule has 6 atom stereocenters. The van der Waals surface area contributed by atoms with Crippen LogP contribution in [0.25, 0.3) is 10.9 Å². The van der Waals surface area contributed by atoms with Crippen LogP contribution in [-0.4, -0.2) is 81.8 Å². The predicted molar refractivity (Wildman–Crippen MR) is 197 cm³/mol. The molecule has 0 fully saturated rings. The molecule has 4 rings (SSSR count). The summed E-state index contributed by atoms with van der Waals surface area (Å²) in [5, 5.41) is 23.9. The zero-order chi connectivity index (χ0) is 37.9. The van der Waals surface area contributed by atoms with E-state index in [9.17, 15) is 28.8 Å². The lowest BCUT2D eigenvalue weighted by molar-refractivity contribution is -0.137. The van der Waals surface area contributed by atoms with Crippen molar-refractivity contribution in [2.75, 3.05) is 0 Å². The molecular formula is C36H46N8O7S. The molecule has 15 nitrogen and oxygen atoms in total. The number of carboxylic acids is 1. The van der Waals surface area contributed by atoms with Gasteiger partial charge in [0.15, 0.2) is 0 Å². The van der Waals surface area contributed by atoms with Gasteiger partial charge in [0, 0.05) is 47.0 Å². The Morgan fingerprint density at radius 2 is 1.38 bits per heavy atom. The second kappa shape index (κ2) is 18.2. The number of primary amides is 1. The van der Waals surface area contributed by atoms with Crippen molar-refractivity contribution in [3.05, 3.63) is 82.5 Å². The average molecular weight is 735 g/mol. The Morgan fingerprint density at radius 3 is 2.00 bits per heavy atom. The van der Waals surface area contributed by atoms with E-state index in [1.165, 1.54) is 0 Å². The lowest BCUT2D eigenvalue weighted by Crippen LogP contribution is -2.60. The number of aromatic amines is 1. The van der Waals surface area contributed by atoms with Crippen molar-refractivity contribution in [2.45, 2.75) is 88.6 Å². The van der Waals surface area contributed by atoms with E-state index in [-0.39, 0.29) is 32.1 Å². The molecule has 1 aliphatic heterocycles. The topological polar surface area (TPSA) is 251 Å². The van der Waals surface area contributed by atoms with Crippen LogP contribution in [0, 0.1) is 0 Å². The summed E-state index contributed by atoms with van der Waals surface area (Å²) in [6.07, 6.45) is 2.19. The Labute approximate surface area is 306 Å². The van der Waals surface area contributed by atoms with E-state index in [1.54, 1.807) is 38.1 Å². The van der Waals surface area contributed by atoms with E-state index >= 15 is 0 Å². The average Bonchev–Trinajstić information content (AvgIpc) is 3.53. The number of hydrogen-bond donors (Lipinski definition) is 10. The van der Waals surface area contributed by atoms with Gasteiger partial charge in [0.1, 0.15) is 24.2 Å². The van der Waals surface area contributed by atoms with Crippen LogP contribution < -0.4 is 38.1 Å². The van der Waals surface area contributed by atoms with Crippen LogP contribution in [0.4, 0.5) is 0 Å². The molecule has 0 radical (unpaired) electrons. The van der Waals surface area contributed by atoms with Gasteiger partial charge in [0.2, 0.25) is 29.5 Å². The number of benzene rings is 2. The second-order valence-electron chi connectivity index (χ2n) is 12.6. The number of nitrogens with two attached hydrogens (primary N) is 2. The van der Waals surface area contributed by atoms with Crippen molar-refractivity contribution in [3.8, 4) is 0 Å². The van der Waals surface area contributed by atoms with Crippen LogP contribution in [0.1, 0.15) is 50.7 Å². The van der Waals surface area contributed by atoms with Gasteiger partial charge in [-0.3, -0.25) is 28.8 Å². The third-order valence-corrected chi connectivity index (χ3v) is 9.40. The molecule has 11 N–H and O–H groups in total. The molecule has 1 aromatic heterocycles. The van der Waals surface area contributed by atoms with E-state index in [1.807, 2.05) is 36.5 Å². The van der Waals surface area contributed by atoms with Gasteiger partial charge in [-0.25, -0.2) is 0 Å². The summed E-state index contributed by atoms with van der Waals surface area (Å²) >= 11 is 4.50. The van der Waals surface area contributed by atoms with Gasteiger partial charge >= 0.3 is 5.97 Å². The molecule has 3 aromatic rings. The number of carboxylic acid groups (broad SMARTS) is 1. The predicted octanol–water partition coefficient (Wildman–Crippen LogP) is 0.503. The highest BCUT2D eigenvalue weighted by atomic mass is 32.1. The lowest BCUT2D eigenvalue weighted by Gasteiger charge is -2.36. The minimum atomic E-state index is -1.14. The standard InChI is InChI=1S/C36H46N8O7S/c1-3-23(40-33(48)22(37)14-15-28(45)46)35(50)43-27(16-19-10-6-5-7-11-19)36(51)41-24(4-2)34(49)42-26(29-31(52)30(44-29)32(38)47)17-20-18-39-25-13-9-8-12-21(20)25/h5-13,18,22-24,26-27,30,39,44,52H,3-4,14-17,37H2,1-2H3,(H2,38,47)(H,40,48)(H,41,51)(H,42,49)(H,43,50)(H,45,46)/t22-,23-,24-,26-,27+,30-/m0/s1. The first-order valence-corrected chi connectivity index (χ1v) is 17.5. The third kappa shape index (κ3) is 10.1. The van der Waals surface area contributed by atoms with E-state index in [0.717, 1.165) is 22.0 Å². The minimum absolute atomic E-state index is 0.0798. The number of nitrogens with one attached hydrogen (secondary N) is 6. The lowest BCUT2D eigenvalue weighted by atomic mass is 9.95. The number of rotatable bonds is 19. The van der Waals surface area contributed by atoms with Crippen LogP contribution in [0.3, 0.4) is 0 Å². The molecule has 278 valence electrons. The molecule has 0 bridgehead atoms. The number of amides is 5. The molecule has 2 heterocycles. The van der Waals surface area contributed by atoms with Gasteiger partial charge in [-0.1, -0.05) is 62.4 Å². The van der Waals surface area contributed by atoms with Crippen LogP contribution in [0.5, 0.6) is 0 Å². The van der Waals surface area contributed by atoms with Crippen molar-refractivity contribution in [3.63, 3.8) is 0 Å². The number of carbonyl (C=O) groups is 6. The highest BCUT2D eigenvalue weighted by Crippen LogP contribution is 2.28. The zero-order valence-electron chi connectivity index (χ0n) is 29.0. The molecule has 1 aliphatic rings. The summed E-state index contributed by atoms with van der Waals surface area (Å²) in [6, 6.07) is 10.9. The highest BCUT2D eigenvalue weighted by Gasteiger charge is 2.37. The van der Waals surface area contributed by atoms with Gasteiger partial charge in [-0.2, -0.15) is 0 Å². The van der Waals surface area contributed by atoms with Crippen LogP contribution in [0.2, 0.25) is 0 Å². The van der Waals surface area contributed by atoms with Gasteiger partial charge in [-0.05, 0) is 36.5 Å². The molecule has 52 heavy (non-hydrogen) atoms. The van der Waals surface area contributed by atoms with Crippen molar-refractivity contribution in [2.24, 2.45) is 11.5 Å². The van der Waals surface area contributed by atoms with Gasteiger partial charge < -0.3 is 48.1 Å². The molecular weight excluding hydrogens is 689 g/mol. The van der Waals surface area contributed by atoms with E-state index in [4.69, 9.17) is 16.6 Å². The fraction of sp³-hybridized carbons (Fsp3) is 0.389. The SMILES string of the molecule is CC[C@H](NC(=O)[C@@H](N)CCC(=O)O)C(=O)N[C@H](Cc1ccccc1)C(=O)N[C@@H](CC)C(=O)N[C@@H](Cc1c[nH]c2ccccc12)C1=C(S)[C@@H](C(N)=O)N1. The minimum Gasteiger partial charge on any atom is -0.481 e. The zero-order valence-corrected chi connectivity index (χ0v) is 29.9. The maximum Gasteiger partial charge on any atom is 0.303 e.